The summed E-state index contributed by atoms with van der Waals surface area (Å²) in [5, 5.41) is 0. The van der Waals surface area contributed by atoms with Gasteiger partial charge in [-0.25, -0.2) is 0 Å². The Kier molecular flexibility index (Phi) is 3.36. The van der Waals surface area contributed by atoms with Crippen molar-refractivity contribution in [3.05, 3.63) is 47.5 Å². The summed E-state index contributed by atoms with van der Waals surface area (Å²) in [6, 6.07) is 10.6. The molecule has 1 aromatic rings. The first-order chi connectivity index (χ1) is 6.95. The highest BCUT2D eigenvalue weighted by atomic mass is 16.5. The van der Waals surface area contributed by atoms with Gasteiger partial charge in [0.05, 0.1) is 13.2 Å². The molecule has 1 aliphatic heterocycles. The fourth-order valence-electron chi connectivity index (χ4n) is 1.71. The van der Waals surface area contributed by atoms with Gasteiger partial charge in [0.15, 0.2) is 0 Å². The summed E-state index contributed by atoms with van der Waals surface area (Å²) < 4.78 is 5.31. The third-order valence-corrected chi connectivity index (χ3v) is 2.60. The Morgan fingerprint density at radius 2 is 1.79 bits per heavy atom. The average molecular weight is 188 g/mol. The van der Waals surface area contributed by atoms with Crippen LogP contribution in [0.2, 0.25) is 0 Å². The van der Waals surface area contributed by atoms with Crippen LogP contribution in [0.1, 0.15) is 18.4 Å². The number of allylic oxidation sites excluding steroid dienone is 1. The van der Waals surface area contributed by atoms with Crippen LogP contribution in [0.25, 0.3) is 0 Å². The lowest BCUT2D eigenvalue weighted by Gasteiger charge is -2.14. The lowest BCUT2D eigenvalue weighted by molar-refractivity contribution is 0.119. The second-order valence-electron chi connectivity index (χ2n) is 3.66. The van der Waals surface area contributed by atoms with Gasteiger partial charge in [-0.2, -0.15) is 0 Å². The minimum Gasteiger partial charge on any atom is -0.381 e. The summed E-state index contributed by atoms with van der Waals surface area (Å²) in [5.41, 5.74) is 2.95. The zero-order valence-corrected chi connectivity index (χ0v) is 8.41. The third-order valence-electron chi connectivity index (χ3n) is 2.60. The SMILES string of the molecule is C(Cc1ccccc1)=C1CCOCC1. The van der Waals surface area contributed by atoms with Crippen LogP contribution in [-0.4, -0.2) is 13.2 Å². The highest BCUT2D eigenvalue weighted by Gasteiger charge is 2.04. The summed E-state index contributed by atoms with van der Waals surface area (Å²) >= 11 is 0. The molecule has 0 unspecified atom stereocenters. The molecule has 1 heterocycles. The molecule has 0 N–H and O–H groups in total. The van der Waals surface area contributed by atoms with Gasteiger partial charge in [-0.1, -0.05) is 42.0 Å². The number of hydrogen-bond donors (Lipinski definition) is 0. The van der Waals surface area contributed by atoms with Crippen LogP contribution in [0.3, 0.4) is 0 Å². The molecule has 1 nitrogen and oxygen atoms in total. The van der Waals surface area contributed by atoms with Gasteiger partial charge in [0.1, 0.15) is 0 Å². The van der Waals surface area contributed by atoms with Gasteiger partial charge >= 0.3 is 0 Å². The summed E-state index contributed by atoms with van der Waals surface area (Å²) in [4.78, 5) is 0. The van der Waals surface area contributed by atoms with Gasteiger partial charge in [0.25, 0.3) is 0 Å². The van der Waals surface area contributed by atoms with Crippen molar-refractivity contribution in [2.45, 2.75) is 19.3 Å². The van der Waals surface area contributed by atoms with Crippen LogP contribution in [-0.2, 0) is 11.2 Å². The van der Waals surface area contributed by atoms with Crippen molar-refractivity contribution in [1.82, 2.24) is 0 Å². The first kappa shape index (κ1) is 9.47. The zero-order chi connectivity index (χ0) is 9.64. The number of benzene rings is 1. The molecule has 0 spiro atoms. The van der Waals surface area contributed by atoms with E-state index < -0.39 is 0 Å². The molecule has 0 amide bonds. The second-order valence-corrected chi connectivity index (χ2v) is 3.66. The van der Waals surface area contributed by atoms with E-state index in [0.29, 0.717) is 0 Å². The van der Waals surface area contributed by atoms with E-state index in [1.807, 2.05) is 0 Å². The summed E-state index contributed by atoms with van der Waals surface area (Å²) in [5.74, 6) is 0. The minimum atomic E-state index is 0.903. The summed E-state index contributed by atoms with van der Waals surface area (Å²) in [7, 11) is 0. The van der Waals surface area contributed by atoms with E-state index in [9.17, 15) is 0 Å². The normalized spacial score (nSPS) is 16.7. The van der Waals surface area contributed by atoms with Crippen molar-refractivity contribution in [3.63, 3.8) is 0 Å². The lowest BCUT2D eigenvalue weighted by atomic mass is 10.0. The average Bonchev–Trinajstić information content (AvgIpc) is 2.29. The standard InChI is InChI=1S/C13H16O/c1-2-4-12(5-3-1)6-7-13-8-10-14-11-9-13/h1-5,7H,6,8-11H2. The molecule has 0 atom stereocenters. The van der Waals surface area contributed by atoms with Crippen molar-refractivity contribution in [2.75, 3.05) is 13.2 Å². The monoisotopic (exact) mass is 188 g/mol. The number of hydrogen-bond acceptors (Lipinski definition) is 1. The largest absolute Gasteiger partial charge is 0.381 e. The van der Waals surface area contributed by atoms with Gasteiger partial charge < -0.3 is 4.74 Å². The molecule has 0 aromatic heterocycles. The fraction of sp³-hybridized carbons (Fsp3) is 0.385. The molecule has 1 aromatic carbocycles. The van der Waals surface area contributed by atoms with E-state index in [1.165, 1.54) is 5.56 Å². The van der Waals surface area contributed by atoms with Gasteiger partial charge in [0, 0.05) is 0 Å². The van der Waals surface area contributed by atoms with E-state index in [0.717, 1.165) is 32.5 Å². The molecular weight excluding hydrogens is 172 g/mol. The molecule has 1 heteroatoms. The minimum absolute atomic E-state index is 0.903. The van der Waals surface area contributed by atoms with Crippen molar-refractivity contribution in [1.29, 1.82) is 0 Å². The molecule has 0 radical (unpaired) electrons. The highest BCUT2D eigenvalue weighted by molar-refractivity contribution is 5.19. The number of ether oxygens (including phenoxy) is 1. The van der Waals surface area contributed by atoms with Crippen LogP contribution in [0.5, 0.6) is 0 Å². The molecule has 0 saturated carbocycles. The number of rotatable bonds is 2. The molecule has 1 aliphatic rings. The first-order valence-electron chi connectivity index (χ1n) is 5.25. The van der Waals surface area contributed by atoms with E-state index >= 15 is 0 Å². The third kappa shape index (κ3) is 2.71. The van der Waals surface area contributed by atoms with Crippen molar-refractivity contribution in [3.8, 4) is 0 Å². The molecule has 74 valence electrons. The van der Waals surface area contributed by atoms with Crippen molar-refractivity contribution >= 4 is 0 Å². The van der Waals surface area contributed by atoms with Crippen LogP contribution >= 0.6 is 0 Å². The Bertz CT molecular complexity index is 292. The van der Waals surface area contributed by atoms with Crippen LogP contribution in [0.4, 0.5) is 0 Å². The molecule has 1 fully saturated rings. The Morgan fingerprint density at radius 1 is 1.07 bits per heavy atom. The first-order valence-corrected chi connectivity index (χ1v) is 5.25. The van der Waals surface area contributed by atoms with E-state index in [4.69, 9.17) is 4.74 Å². The highest BCUT2D eigenvalue weighted by Crippen LogP contribution is 2.14. The Balaban J connectivity index is 1.92. The van der Waals surface area contributed by atoms with Crippen molar-refractivity contribution in [2.24, 2.45) is 0 Å². The van der Waals surface area contributed by atoms with Crippen LogP contribution in [0.15, 0.2) is 42.0 Å². The predicted octanol–water partition coefficient (Wildman–Crippen LogP) is 2.97. The van der Waals surface area contributed by atoms with Gasteiger partial charge in [-0.05, 0) is 24.8 Å². The Hall–Kier alpha value is -1.08. The van der Waals surface area contributed by atoms with Crippen LogP contribution < -0.4 is 0 Å². The van der Waals surface area contributed by atoms with E-state index in [2.05, 4.69) is 36.4 Å². The topological polar surface area (TPSA) is 9.23 Å². The lowest BCUT2D eigenvalue weighted by Crippen LogP contribution is -2.07. The van der Waals surface area contributed by atoms with Gasteiger partial charge in [-0.3, -0.25) is 0 Å². The van der Waals surface area contributed by atoms with Crippen molar-refractivity contribution < 1.29 is 4.74 Å². The smallest absolute Gasteiger partial charge is 0.0503 e. The molecule has 2 rings (SSSR count). The molecular formula is C13H16O. The van der Waals surface area contributed by atoms with E-state index in [1.54, 1.807) is 5.57 Å². The predicted molar refractivity (Wildman–Crippen MR) is 58.3 cm³/mol. The Morgan fingerprint density at radius 3 is 2.50 bits per heavy atom. The Labute approximate surface area is 85.4 Å². The molecule has 0 bridgehead atoms. The molecule has 1 saturated heterocycles. The maximum absolute atomic E-state index is 5.31. The summed E-state index contributed by atoms with van der Waals surface area (Å²) in [6.45, 7) is 1.81. The summed E-state index contributed by atoms with van der Waals surface area (Å²) in [6.07, 6.45) is 5.66. The van der Waals surface area contributed by atoms with Gasteiger partial charge in [-0.15, -0.1) is 0 Å². The molecule has 0 aliphatic carbocycles. The fourth-order valence-corrected chi connectivity index (χ4v) is 1.71. The quantitative estimate of drug-likeness (QED) is 0.648. The maximum atomic E-state index is 5.31. The second kappa shape index (κ2) is 4.97. The zero-order valence-electron chi connectivity index (χ0n) is 8.41. The van der Waals surface area contributed by atoms with Gasteiger partial charge in [0.2, 0.25) is 0 Å². The molecule has 14 heavy (non-hydrogen) atoms. The van der Waals surface area contributed by atoms with Crippen LogP contribution in [0, 0.1) is 0 Å². The van der Waals surface area contributed by atoms with E-state index in [-0.39, 0.29) is 0 Å². The maximum Gasteiger partial charge on any atom is 0.0503 e.